The first-order valence-electron chi connectivity index (χ1n) is 5.84. The van der Waals surface area contributed by atoms with Gasteiger partial charge >= 0.3 is 0 Å². The maximum absolute atomic E-state index is 11.9. The third-order valence-corrected chi connectivity index (χ3v) is 3.45. The molecule has 6 heteroatoms. The lowest BCUT2D eigenvalue weighted by molar-refractivity contribution is 0.413. The lowest BCUT2D eigenvalue weighted by atomic mass is 10.0. The van der Waals surface area contributed by atoms with E-state index in [1.807, 2.05) is 31.4 Å². The number of para-hydroxylation sites is 1. The smallest absolute Gasteiger partial charge is 0.270 e. The Balaban J connectivity index is 2.82. The van der Waals surface area contributed by atoms with E-state index in [4.69, 9.17) is 4.74 Å². The van der Waals surface area contributed by atoms with Gasteiger partial charge in [0.25, 0.3) is 5.56 Å². The quantitative estimate of drug-likeness (QED) is 0.692. The number of nitrogens with one attached hydrogen (secondary N) is 1. The van der Waals surface area contributed by atoms with Gasteiger partial charge < -0.3 is 9.72 Å². The van der Waals surface area contributed by atoms with Crippen LogP contribution in [0.25, 0.3) is 11.3 Å². The molecule has 0 aliphatic rings. The summed E-state index contributed by atoms with van der Waals surface area (Å²) in [6.07, 6.45) is 1.81. The number of nitriles is 1. The first-order valence-corrected chi connectivity index (χ1v) is 7.07. The van der Waals surface area contributed by atoms with Crippen molar-refractivity contribution in [3.05, 3.63) is 39.7 Å². The molecule has 0 aliphatic heterocycles. The number of hydrogen-bond donors (Lipinski definition) is 1. The fourth-order valence-corrected chi connectivity index (χ4v) is 2.34. The van der Waals surface area contributed by atoms with Crippen molar-refractivity contribution in [3.63, 3.8) is 0 Å². The van der Waals surface area contributed by atoms with Gasteiger partial charge in [-0.1, -0.05) is 23.9 Å². The molecule has 1 aromatic carbocycles. The van der Waals surface area contributed by atoms with Crippen molar-refractivity contribution >= 4 is 11.8 Å². The molecule has 0 saturated heterocycles. The predicted molar refractivity (Wildman–Crippen MR) is 78.1 cm³/mol. The van der Waals surface area contributed by atoms with Crippen LogP contribution in [-0.2, 0) is 0 Å². The molecule has 1 heterocycles. The number of aromatic amines is 1. The zero-order valence-corrected chi connectivity index (χ0v) is 12.2. The van der Waals surface area contributed by atoms with E-state index >= 15 is 0 Å². The normalized spacial score (nSPS) is 10.1. The molecular weight excluding hydrogens is 274 g/mol. The van der Waals surface area contributed by atoms with Gasteiger partial charge in [-0.2, -0.15) is 5.26 Å². The van der Waals surface area contributed by atoms with Gasteiger partial charge in [-0.3, -0.25) is 4.79 Å². The number of methoxy groups -OCH3 is 1. The predicted octanol–water partition coefficient (Wildman–Crippen LogP) is 2.35. The number of nitrogens with zero attached hydrogens (tertiary/aromatic N) is 2. The number of H-pyrrole nitrogens is 1. The van der Waals surface area contributed by atoms with E-state index in [-0.39, 0.29) is 5.56 Å². The number of ether oxygens (including phenoxy) is 1. The van der Waals surface area contributed by atoms with Gasteiger partial charge in [-0.05, 0) is 24.8 Å². The summed E-state index contributed by atoms with van der Waals surface area (Å²) < 4.78 is 5.37. The summed E-state index contributed by atoms with van der Waals surface area (Å²) in [6.45, 7) is 1.90. The van der Waals surface area contributed by atoms with Crippen LogP contribution in [0.3, 0.4) is 0 Å². The van der Waals surface area contributed by atoms with Gasteiger partial charge in [0.15, 0.2) is 5.16 Å². The number of aryl methyl sites for hydroxylation is 1. The summed E-state index contributed by atoms with van der Waals surface area (Å²) >= 11 is 1.31. The summed E-state index contributed by atoms with van der Waals surface area (Å²) in [6, 6.07) is 7.45. The van der Waals surface area contributed by atoms with E-state index in [1.165, 1.54) is 11.8 Å². The highest BCUT2D eigenvalue weighted by atomic mass is 32.2. The van der Waals surface area contributed by atoms with Crippen LogP contribution in [-0.4, -0.2) is 23.3 Å². The Morgan fingerprint density at radius 3 is 2.80 bits per heavy atom. The Labute approximate surface area is 120 Å². The second-order valence-electron chi connectivity index (χ2n) is 4.07. The average Bonchev–Trinajstić information content (AvgIpc) is 2.46. The van der Waals surface area contributed by atoms with Gasteiger partial charge in [-0.25, -0.2) is 4.98 Å². The lowest BCUT2D eigenvalue weighted by Gasteiger charge is -2.12. The third-order valence-electron chi connectivity index (χ3n) is 2.87. The lowest BCUT2D eigenvalue weighted by Crippen LogP contribution is -2.15. The number of hydrogen-bond acceptors (Lipinski definition) is 5. The SMILES string of the molecule is COc1c(C)cccc1-c1nc(SC)[nH]c(=O)c1C#N. The Hall–Kier alpha value is -2.26. The molecule has 20 heavy (non-hydrogen) atoms. The third kappa shape index (κ3) is 2.40. The summed E-state index contributed by atoms with van der Waals surface area (Å²) in [5.74, 6) is 0.620. The summed E-state index contributed by atoms with van der Waals surface area (Å²) in [7, 11) is 1.56. The van der Waals surface area contributed by atoms with E-state index in [0.29, 0.717) is 22.2 Å². The average molecular weight is 287 g/mol. The molecule has 0 unspecified atom stereocenters. The second-order valence-corrected chi connectivity index (χ2v) is 4.86. The van der Waals surface area contributed by atoms with Crippen LogP contribution < -0.4 is 10.3 Å². The molecule has 0 saturated carbocycles. The van der Waals surface area contributed by atoms with E-state index in [9.17, 15) is 10.1 Å². The van der Waals surface area contributed by atoms with Crippen molar-refractivity contribution in [2.45, 2.75) is 12.1 Å². The number of aromatic nitrogens is 2. The molecule has 2 rings (SSSR count). The Kier molecular flexibility index (Phi) is 4.11. The molecule has 1 N–H and O–H groups in total. The summed E-state index contributed by atoms with van der Waals surface area (Å²) in [4.78, 5) is 18.9. The minimum Gasteiger partial charge on any atom is -0.496 e. The highest BCUT2D eigenvalue weighted by Gasteiger charge is 2.17. The molecular formula is C14H13N3O2S. The highest BCUT2D eigenvalue weighted by molar-refractivity contribution is 7.98. The van der Waals surface area contributed by atoms with E-state index in [1.54, 1.807) is 13.2 Å². The maximum atomic E-state index is 11.9. The van der Waals surface area contributed by atoms with E-state index in [2.05, 4.69) is 9.97 Å². The van der Waals surface area contributed by atoms with Crippen LogP contribution in [0.5, 0.6) is 5.75 Å². The summed E-state index contributed by atoms with van der Waals surface area (Å²) in [5, 5.41) is 9.66. The summed E-state index contributed by atoms with van der Waals surface area (Å²) in [5.41, 5.74) is 1.46. The van der Waals surface area contributed by atoms with Crippen LogP contribution in [0, 0.1) is 18.3 Å². The highest BCUT2D eigenvalue weighted by Crippen LogP contribution is 2.32. The van der Waals surface area contributed by atoms with Crippen LogP contribution in [0.2, 0.25) is 0 Å². The topological polar surface area (TPSA) is 78.8 Å². The van der Waals surface area contributed by atoms with Gasteiger partial charge in [0.05, 0.1) is 7.11 Å². The molecule has 0 amide bonds. The van der Waals surface area contributed by atoms with Crippen molar-refractivity contribution in [1.82, 2.24) is 9.97 Å². The Morgan fingerprint density at radius 1 is 1.45 bits per heavy atom. The number of thioether (sulfide) groups is 1. The van der Waals surface area contributed by atoms with Crippen molar-refractivity contribution in [2.75, 3.05) is 13.4 Å². The molecule has 102 valence electrons. The maximum Gasteiger partial charge on any atom is 0.270 e. The van der Waals surface area contributed by atoms with Crippen LogP contribution in [0.4, 0.5) is 0 Å². The Morgan fingerprint density at radius 2 is 2.20 bits per heavy atom. The Bertz CT molecular complexity index is 747. The first kappa shape index (κ1) is 14.2. The second kappa shape index (κ2) is 5.80. The molecule has 0 fully saturated rings. The first-order chi connectivity index (χ1) is 9.62. The van der Waals surface area contributed by atoms with Crippen molar-refractivity contribution in [3.8, 4) is 23.1 Å². The van der Waals surface area contributed by atoms with Crippen molar-refractivity contribution < 1.29 is 4.74 Å². The minimum atomic E-state index is -0.439. The molecule has 2 aromatic rings. The van der Waals surface area contributed by atoms with Crippen molar-refractivity contribution in [2.24, 2.45) is 0 Å². The van der Waals surface area contributed by atoms with E-state index in [0.717, 1.165) is 5.56 Å². The fourth-order valence-electron chi connectivity index (χ4n) is 1.96. The van der Waals surface area contributed by atoms with Gasteiger partial charge in [-0.15, -0.1) is 0 Å². The van der Waals surface area contributed by atoms with Crippen LogP contribution in [0.1, 0.15) is 11.1 Å². The zero-order chi connectivity index (χ0) is 14.7. The molecule has 0 radical (unpaired) electrons. The zero-order valence-electron chi connectivity index (χ0n) is 11.4. The van der Waals surface area contributed by atoms with Gasteiger partial charge in [0, 0.05) is 5.56 Å². The molecule has 0 atom stereocenters. The van der Waals surface area contributed by atoms with Crippen LogP contribution in [0.15, 0.2) is 28.2 Å². The molecule has 0 bridgehead atoms. The van der Waals surface area contributed by atoms with Crippen LogP contribution >= 0.6 is 11.8 Å². The largest absolute Gasteiger partial charge is 0.496 e. The van der Waals surface area contributed by atoms with Gasteiger partial charge in [0.1, 0.15) is 23.1 Å². The number of benzene rings is 1. The van der Waals surface area contributed by atoms with Gasteiger partial charge in [0.2, 0.25) is 0 Å². The molecule has 1 aromatic heterocycles. The fraction of sp³-hybridized carbons (Fsp3) is 0.214. The number of rotatable bonds is 3. The molecule has 5 nitrogen and oxygen atoms in total. The standard InChI is InChI=1S/C14H13N3O2S/c1-8-5-4-6-9(12(8)19-2)11-10(7-15)13(18)17-14(16-11)20-3/h4-6H,1-3H3,(H,16,17,18). The molecule has 0 spiro atoms. The van der Waals surface area contributed by atoms with Crippen molar-refractivity contribution in [1.29, 1.82) is 5.26 Å². The monoisotopic (exact) mass is 287 g/mol. The van der Waals surface area contributed by atoms with E-state index < -0.39 is 5.56 Å². The minimum absolute atomic E-state index is 0.00769. The molecule has 0 aliphatic carbocycles.